The third-order valence-corrected chi connectivity index (χ3v) is 3.28. The second kappa shape index (κ2) is 7.39. The smallest absolute Gasteiger partial charge is 0.122 e. The monoisotopic (exact) mass is 264 g/mol. The molecule has 0 radical (unpaired) electrons. The van der Waals surface area contributed by atoms with Gasteiger partial charge in [0.15, 0.2) is 0 Å². The van der Waals surface area contributed by atoms with Gasteiger partial charge in [0.2, 0.25) is 0 Å². The van der Waals surface area contributed by atoms with Crippen molar-refractivity contribution in [2.75, 3.05) is 32.1 Å². The lowest BCUT2D eigenvalue weighted by molar-refractivity contribution is 0.407. The van der Waals surface area contributed by atoms with Crippen molar-refractivity contribution in [1.82, 2.24) is 5.32 Å². The first kappa shape index (κ1) is 15.8. The predicted octanol–water partition coefficient (Wildman–Crippen LogP) is 3.25. The number of likely N-dealkylation sites (N-methyl/N-ethyl adjacent to an activating group) is 1. The van der Waals surface area contributed by atoms with Crippen molar-refractivity contribution in [2.45, 2.75) is 39.7 Å². The second-order valence-electron chi connectivity index (χ2n) is 5.61. The molecule has 0 amide bonds. The van der Waals surface area contributed by atoms with Crippen LogP contribution >= 0.6 is 0 Å². The Morgan fingerprint density at radius 3 is 2.42 bits per heavy atom. The Balaban J connectivity index is 2.75. The van der Waals surface area contributed by atoms with Crippen molar-refractivity contribution >= 4 is 5.69 Å². The van der Waals surface area contributed by atoms with Gasteiger partial charge < -0.3 is 15.0 Å². The van der Waals surface area contributed by atoms with Gasteiger partial charge in [-0.1, -0.05) is 27.7 Å². The molecule has 3 heteroatoms. The van der Waals surface area contributed by atoms with Crippen molar-refractivity contribution in [1.29, 1.82) is 0 Å². The Bertz CT molecular complexity index is 388. The van der Waals surface area contributed by atoms with E-state index in [1.807, 2.05) is 0 Å². The third-order valence-electron chi connectivity index (χ3n) is 3.28. The van der Waals surface area contributed by atoms with Crippen molar-refractivity contribution in [3.05, 3.63) is 23.8 Å². The van der Waals surface area contributed by atoms with Crippen LogP contribution in [0.5, 0.6) is 5.75 Å². The molecule has 19 heavy (non-hydrogen) atoms. The van der Waals surface area contributed by atoms with Crippen molar-refractivity contribution in [3.63, 3.8) is 0 Å². The molecule has 0 fully saturated rings. The van der Waals surface area contributed by atoms with Gasteiger partial charge in [-0.25, -0.2) is 0 Å². The lowest BCUT2D eigenvalue weighted by Crippen LogP contribution is -2.32. The summed E-state index contributed by atoms with van der Waals surface area (Å²) in [5.74, 6) is 1.45. The highest BCUT2D eigenvalue weighted by Crippen LogP contribution is 2.30. The molecule has 0 spiro atoms. The van der Waals surface area contributed by atoms with Crippen LogP contribution in [-0.2, 0) is 0 Å². The van der Waals surface area contributed by atoms with E-state index in [1.54, 1.807) is 7.11 Å². The topological polar surface area (TPSA) is 24.5 Å². The van der Waals surface area contributed by atoms with Gasteiger partial charge in [0.1, 0.15) is 5.75 Å². The Hall–Kier alpha value is -1.22. The Kier molecular flexibility index (Phi) is 6.16. The van der Waals surface area contributed by atoms with Gasteiger partial charge >= 0.3 is 0 Å². The standard InChI is InChI=1S/C16H28N2O/c1-12(2)15-11-14(7-8-16(15)19-6)18(5)10-9-17-13(3)4/h7-8,11-13,17H,9-10H2,1-6H3. The summed E-state index contributed by atoms with van der Waals surface area (Å²) in [6.45, 7) is 10.7. The molecule has 1 aromatic carbocycles. The molecular weight excluding hydrogens is 236 g/mol. The highest BCUT2D eigenvalue weighted by atomic mass is 16.5. The fourth-order valence-corrected chi connectivity index (χ4v) is 2.06. The summed E-state index contributed by atoms with van der Waals surface area (Å²) in [7, 11) is 3.87. The van der Waals surface area contributed by atoms with E-state index in [2.05, 4.69) is 63.2 Å². The van der Waals surface area contributed by atoms with Gasteiger partial charge in [0, 0.05) is 31.9 Å². The highest BCUT2D eigenvalue weighted by Gasteiger charge is 2.10. The van der Waals surface area contributed by atoms with Crippen LogP contribution in [0.15, 0.2) is 18.2 Å². The summed E-state index contributed by atoms with van der Waals surface area (Å²) in [4.78, 5) is 2.28. The van der Waals surface area contributed by atoms with Crippen LogP contribution in [0.2, 0.25) is 0 Å². The molecular formula is C16H28N2O. The number of hydrogen-bond acceptors (Lipinski definition) is 3. The van der Waals surface area contributed by atoms with Crippen molar-refractivity contribution in [3.8, 4) is 5.75 Å². The summed E-state index contributed by atoms with van der Waals surface area (Å²) in [5, 5.41) is 3.44. The number of nitrogens with zero attached hydrogens (tertiary/aromatic N) is 1. The molecule has 1 rings (SSSR count). The number of rotatable bonds is 7. The summed E-state index contributed by atoms with van der Waals surface area (Å²) in [6.07, 6.45) is 0. The van der Waals surface area contributed by atoms with Crippen LogP contribution in [-0.4, -0.2) is 33.3 Å². The van der Waals surface area contributed by atoms with Crippen LogP contribution in [0.4, 0.5) is 5.69 Å². The summed E-state index contributed by atoms with van der Waals surface area (Å²) in [5.41, 5.74) is 2.51. The van der Waals surface area contributed by atoms with Crippen LogP contribution in [0.25, 0.3) is 0 Å². The Morgan fingerprint density at radius 2 is 1.89 bits per heavy atom. The molecule has 108 valence electrons. The van der Waals surface area contributed by atoms with E-state index in [-0.39, 0.29) is 0 Å². The van der Waals surface area contributed by atoms with E-state index >= 15 is 0 Å². The van der Waals surface area contributed by atoms with Crippen LogP contribution in [0.3, 0.4) is 0 Å². The van der Waals surface area contributed by atoms with Gasteiger partial charge in [0.05, 0.1) is 7.11 Å². The first-order chi connectivity index (χ1) is 8.95. The van der Waals surface area contributed by atoms with E-state index in [9.17, 15) is 0 Å². The first-order valence-electron chi connectivity index (χ1n) is 7.08. The molecule has 1 aromatic rings. The zero-order chi connectivity index (χ0) is 14.4. The van der Waals surface area contributed by atoms with Crippen LogP contribution < -0.4 is 15.0 Å². The molecule has 0 saturated heterocycles. The van der Waals surface area contributed by atoms with Gasteiger partial charge in [-0.3, -0.25) is 0 Å². The minimum Gasteiger partial charge on any atom is -0.496 e. The lowest BCUT2D eigenvalue weighted by atomic mass is 10.0. The fourth-order valence-electron chi connectivity index (χ4n) is 2.06. The second-order valence-corrected chi connectivity index (χ2v) is 5.61. The Morgan fingerprint density at radius 1 is 1.21 bits per heavy atom. The van der Waals surface area contributed by atoms with Crippen molar-refractivity contribution in [2.24, 2.45) is 0 Å². The van der Waals surface area contributed by atoms with Crippen molar-refractivity contribution < 1.29 is 4.74 Å². The maximum Gasteiger partial charge on any atom is 0.122 e. The predicted molar refractivity (Wildman–Crippen MR) is 83.5 cm³/mol. The zero-order valence-electron chi connectivity index (χ0n) is 13.2. The number of benzene rings is 1. The third kappa shape index (κ3) is 4.75. The maximum atomic E-state index is 5.42. The van der Waals surface area contributed by atoms with Gasteiger partial charge in [-0.05, 0) is 29.7 Å². The number of nitrogens with one attached hydrogen (secondary N) is 1. The van der Waals surface area contributed by atoms with E-state index in [0.717, 1.165) is 18.8 Å². The van der Waals surface area contributed by atoms with Gasteiger partial charge in [0.25, 0.3) is 0 Å². The quantitative estimate of drug-likeness (QED) is 0.818. The minimum absolute atomic E-state index is 0.470. The number of methoxy groups -OCH3 is 1. The minimum atomic E-state index is 0.470. The first-order valence-corrected chi connectivity index (χ1v) is 7.08. The maximum absolute atomic E-state index is 5.42. The molecule has 0 saturated carbocycles. The molecule has 0 aliphatic carbocycles. The highest BCUT2D eigenvalue weighted by molar-refractivity contribution is 5.53. The average Bonchev–Trinajstić information content (AvgIpc) is 2.37. The largest absolute Gasteiger partial charge is 0.496 e. The molecule has 0 aliphatic rings. The van der Waals surface area contributed by atoms with E-state index in [0.29, 0.717) is 12.0 Å². The van der Waals surface area contributed by atoms with E-state index in [1.165, 1.54) is 11.3 Å². The average molecular weight is 264 g/mol. The molecule has 0 aromatic heterocycles. The van der Waals surface area contributed by atoms with Gasteiger partial charge in [-0.15, -0.1) is 0 Å². The summed E-state index contributed by atoms with van der Waals surface area (Å²) >= 11 is 0. The fraction of sp³-hybridized carbons (Fsp3) is 0.625. The molecule has 0 atom stereocenters. The molecule has 0 unspecified atom stereocenters. The molecule has 3 nitrogen and oxygen atoms in total. The SMILES string of the molecule is COc1ccc(N(C)CCNC(C)C)cc1C(C)C. The molecule has 0 heterocycles. The number of anilines is 1. The normalized spacial score (nSPS) is 11.2. The van der Waals surface area contributed by atoms with Gasteiger partial charge in [-0.2, -0.15) is 0 Å². The van der Waals surface area contributed by atoms with E-state index < -0.39 is 0 Å². The lowest BCUT2D eigenvalue weighted by Gasteiger charge is -2.22. The summed E-state index contributed by atoms with van der Waals surface area (Å²) < 4.78 is 5.42. The molecule has 0 aliphatic heterocycles. The number of hydrogen-bond donors (Lipinski definition) is 1. The summed E-state index contributed by atoms with van der Waals surface area (Å²) in [6, 6.07) is 6.96. The Labute approximate surface area is 118 Å². The van der Waals surface area contributed by atoms with Crippen LogP contribution in [0.1, 0.15) is 39.2 Å². The molecule has 0 bridgehead atoms. The molecule has 1 N–H and O–H groups in total. The van der Waals surface area contributed by atoms with Crippen LogP contribution in [0, 0.1) is 0 Å². The van der Waals surface area contributed by atoms with E-state index in [4.69, 9.17) is 4.74 Å². The number of ether oxygens (including phenoxy) is 1. The zero-order valence-corrected chi connectivity index (χ0v) is 13.2.